The summed E-state index contributed by atoms with van der Waals surface area (Å²) < 4.78 is 6.21. The third-order valence-electron chi connectivity index (χ3n) is 2.96. The average Bonchev–Trinajstić information content (AvgIpc) is 2.67. The Balaban J connectivity index is 2.46. The molecule has 0 unspecified atom stereocenters. The number of aromatic nitrogens is 2. The van der Waals surface area contributed by atoms with Crippen LogP contribution in [-0.4, -0.2) is 42.5 Å². The van der Waals surface area contributed by atoms with Crippen LogP contribution < -0.4 is 11.2 Å². The van der Waals surface area contributed by atoms with E-state index in [-0.39, 0.29) is 12.2 Å². The summed E-state index contributed by atoms with van der Waals surface area (Å²) in [6.07, 6.45) is 0.262. The number of halogens is 1. The van der Waals surface area contributed by atoms with E-state index in [9.17, 15) is 14.7 Å². The molecule has 0 aliphatic carbocycles. The van der Waals surface area contributed by atoms with Crippen molar-refractivity contribution in [1.82, 2.24) is 9.55 Å². The minimum atomic E-state index is -0.887. The lowest BCUT2D eigenvalue weighted by Crippen LogP contribution is -2.36. The average molecular weight is 380 g/mol. The standard InChI is InChI=1S/C11H13IN2O5/c1-2-5-3-14(11(18)13-9(5)17)10-7(12)8(16)6(4-15)19-10/h2-3,6-8,10,15-16H,1,4H2,(H,13,17,18)/t6-,7-,8-,10-/m1/s1. The van der Waals surface area contributed by atoms with E-state index in [4.69, 9.17) is 9.84 Å². The van der Waals surface area contributed by atoms with Crippen molar-refractivity contribution >= 4 is 28.7 Å². The molecule has 0 spiro atoms. The van der Waals surface area contributed by atoms with Crippen LogP contribution in [0.5, 0.6) is 0 Å². The van der Waals surface area contributed by atoms with Crippen LogP contribution in [0.4, 0.5) is 0 Å². The zero-order chi connectivity index (χ0) is 14.2. The van der Waals surface area contributed by atoms with Crippen molar-refractivity contribution < 1.29 is 14.9 Å². The number of alkyl halides is 1. The maximum absolute atomic E-state index is 11.8. The Morgan fingerprint density at radius 3 is 2.79 bits per heavy atom. The Bertz CT molecular complexity index is 595. The van der Waals surface area contributed by atoms with Crippen molar-refractivity contribution in [2.45, 2.75) is 22.4 Å². The molecule has 1 fully saturated rings. The molecule has 1 aliphatic rings. The summed E-state index contributed by atoms with van der Waals surface area (Å²) in [6.45, 7) is 3.14. The lowest BCUT2D eigenvalue weighted by atomic mass is 10.2. The third-order valence-corrected chi connectivity index (χ3v) is 4.32. The smallest absolute Gasteiger partial charge is 0.330 e. The molecule has 2 heterocycles. The fourth-order valence-corrected chi connectivity index (χ4v) is 2.89. The van der Waals surface area contributed by atoms with Crippen molar-refractivity contribution in [3.63, 3.8) is 0 Å². The molecule has 0 radical (unpaired) electrons. The predicted molar refractivity (Wildman–Crippen MR) is 76.2 cm³/mol. The van der Waals surface area contributed by atoms with Crippen LogP contribution in [0.2, 0.25) is 0 Å². The molecule has 1 aliphatic heterocycles. The first-order valence-electron chi connectivity index (χ1n) is 5.56. The summed E-state index contributed by atoms with van der Waals surface area (Å²) in [4.78, 5) is 25.4. The van der Waals surface area contributed by atoms with E-state index in [0.717, 1.165) is 0 Å². The molecule has 0 bridgehead atoms. The molecular formula is C11H13IN2O5. The van der Waals surface area contributed by atoms with Crippen molar-refractivity contribution in [1.29, 1.82) is 0 Å². The zero-order valence-corrected chi connectivity index (χ0v) is 12.0. The monoisotopic (exact) mass is 380 g/mol. The maximum Gasteiger partial charge on any atom is 0.330 e. The summed E-state index contributed by atoms with van der Waals surface area (Å²) >= 11 is 1.95. The van der Waals surface area contributed by atoms with E-state index in [1.54, 1.807) is 0 Å². The highest BCUT2D eigenvalue weighted by Crippen LogP contribution is 2.33. The lowest BCUT2D eigenvalue weighted by Gasteiger charge is -2.17. The zero-order valence-electron chi connectivity index (χ0n) is 9.82. The number of nitrogens with one attached hydrogen (secondary N) is 1. The number of nitrogens with zero attached hydrogens (tertiary/aromatic N) is 1. The quantitative estimate of drug-likeness (QED) is 0.472. The van der Waals surface area contributed by atoms with Gasteiger partial charge in [0, 0.05) is 6.20 Å². The molecule has 7 nitrogen and oxygen atoms in total. The van der Waals surface area contributed by atoms with Gasteiger partial charge in [0.15, 0.2) is 6.23 Å². The van der Waals surface area contributed by atoms with Gasteiger partial charge in [0.25, 0.3) is 5.56 Å². The van der Waals surface area contributed by atoms with E-state index in [1.165, 1.54) is 16.8 Å². The van der Waals surface area contributed by atoms with Gasteiger partial charge in [-0.15, -0.1) is 0 Å². The van der Waals surface area contributed by atoms with Gasteiger partial charge in [0.05, 0.1) is 22.2 Å². The van der Waals surface area contributed by atoms with Crippen LogP contribution >= 0.6 is 22.6 Å². The molecule has 4 atom stereocenters. The number of H-pyrrole nitrogens is 1. The van der Waals surface area contributed by atoms with E-state index in [0.29, 0.717) is 0 Å². The summed E-state index contributed by atoms with van der Waals surface area (Å²) in [6, 6.07) is 0. The van der Waals surface area contributed by atoms with Gasteiger partial charge in [-0.1, -0.05) is 35.2 Å². The summed E-state index contributed by atoms with van der Waals surface area (Å²) in [5.41, 5.74) is -0.930. The van der Waals surface area contributed by atoms with Gasteiger partial charge in [-0.2, -0.15) is 0 Å². The van der Waals surface area contributed by atoms with Gasteiger partial charge < -0.3 is 14.9 Å². The second-order valence-electron chi connectivity index (χ2n) is 4.14. The van der Waals surface area contributed by atoms with Gasteiger partial charge >= 0.3 is 5.69 Å². The number of hydrogen-bond acceptors (Lipinski definition) is 5. The molecule has 1 aromatic heterocycles. The van der Waals surface area contributed by atoms with Gasteiger partial charge in [0.1, 0.15) is 6.10 Å². The highest BCUT2D eigenvalue weighted by molar-refractivity contribution is 14.1. The Morgan fingerprint density at radius 1 is 1.58 bits per heavy atom. The minimum absolute atomic E-state index is 0.230. The predicted octanol–water partition coefficient (Wildman–Crippen LogP) is -0.766. The molecule has 1 saturated heterocycles. The number of rotatable bonds is 3. The Morgan fingerprint density at radius 2 is 2.26 bits per heavy atom. The molecule has 2 rings (SSSR count). The topological polar surface area (TPSA) is 105 Å². The van der Waals surface area contributed by atoms with E-state index in [2.05, 4.69) is 11.6 Å². The largest absolute Gasteiger partial charge is 0.394 e. The van der Waals surface area contributed by atoms with Crippen LogP contribution in [0.25, 0.3) is 6.08 Å². The van der Waals surface area contributed by atoms with E-state index in [1.807, 2.05) is 22.6 Å². The minimum Gasteiger partial charge on any atom is -0.394 e. The number of ether oxygens (including phenoxy) is 1. The number of hydrogen-bond donors (Lipinski definition) is 3. The first kappa shape index (κ1) is 14.4. The summed E-state index contributed by atoms with van der Waals surface area (Å²) in [5, 5.41) is 18.9. The Kier molecular flexibility index (Phi) is 4.23. The fraction of sp³-hybridized carbons (Fsp3) is 0.455. The maximum atomic E-state index is 11.8. The highest BCUT2D eigenvalue weighted by atomic mass is 127. The first-order valence-corrected chi connectivity index (χ1v) is 6.80. The van der Waals surface area contributed by atoms with Crippen LogP contribution in [0.15, 0.2) is 22.4 Å². The van der Waals surface area contributed by atoms with Crippen molar-refractivity contribution in [2.75, 3.05) is 6.61 Å². The van der Waals surface area contributed by atoms with Crippen molar-refractivity contribution in [2.24, 2.45) is 0 Å². The summed E-state index contributed by atoms with van der Waals surface area (Å²) in [5.74, 6) is 0. The SMILES string of the molecule is C=Cc1cn([C@@H]2O[C@H](CO)[C@@H](O)[C@H]2I)c(=O)[nH]c1=O. The third kappa shape index (κ3) is 2.53. The van der Waals surface area contributed by atoms with Gasteiger partial charge in [0.2, 0.25) is 0 Å². The molecule has 19 heavy (non-hydrogen) atoms. The van der Waals surface area contributed by atoms with Crippen molar-refractivity contribution in [3.05, 3.63) is 39.2 Å². The highest BCUT2D eigenvalue weighted by Gasteiger charge is 2.43. The number of aliphatic hydroxyl groups excluding tert-OH is 2. The van der Waals surface area contributed by atoms with Crippen LogP contribution in [0.1, 0.15) is 11.8 Å². The van der Waals surface area contributed by atoms with Gasteiger partial charge in [-0.05, 0) is 0 Å². The second-order valence-corrected chi connectivity index (χ2v) is 5.58. The molecule has 8 heteroatoms. The Hall–Kier alpha value is -0.970. The van der Waals surface area contributed by atoms with Crippen molar-refractivity contribution in [3.8, 4) is 0 Å². The molecule has 1 aromatic rings. The van der Waals surface area contributed by atoms with E-state index >= 15 is 0 Å². The summed E-state index contributed by atoms with van der Waals surface area (Å²) in [7, 11) is 0. The molecule has 0 saturated carbocycles. The van der Waals surface area contributed by atoms with Crippen LogP contribution in [0.3, 0.4) is 0 Å². The van der Waals surface area contributed by atoms with Gasteiger partial charge in [-0.25, -0.2) is 4.79 Å². The van der Waals surface area contributed by atoms with E-state index < -0.39 is 33.6 Å². The molecule has 0 amide bonds. The van der Waals surface area contributed by atoms with Gasteiger partial charge in [-0.3, -0.25) is 14.3 Å². The molecule has 0 aromatic carbocycles. The molecular weight excluding hydrogens is 367 g/mol. The molecule has 104 valence electrons. The number of aromatic amines is 1. The lowest BCUT2D eigenvalue weighted by molar-refractivity contribution is -0.0456. The fourth-order valence-electron chi connectivity index (χ4n) is 1.91. The molecule has 3 N–H and O–H groups in total. The number of aliphatic hydroxyl groups is 2. The first-order chi connectivity index (χ1) is 8.99. The normalized spacial score (nSPS) is 30.5. The van der Waals surface area contributed by atoms with Crippen LogP contribution in [-0.2, 0) is 4.74 Å². The van der Waals surface area contributed by atoms with Crippen LogP contribution in [0, 0.1) is 0 Å². The second kappa shape index (κ2) is 5.57. The Labute approximate surface area is 121 Å².